The maximum atomic E-state index is 12.8. The third-order valence-electron chi connectivity index (χ3n) is 8.26. The molecule has 2 fully saturated rings. The highest BCUT2D eigenvalue weighted by atomic mass is 35.5. The largest absolute Gasteiger partial charge is 0.481 e. The predicted octanol–water partition coefficient (Wildman–Crippen LogP) is 9.81. The van der Waals surface area contributed by atoms with Gasteiger partial charge in [0.2, 0.25) is 17.1 Å². The van der Waals surface area contributed by atoms with E-state index in [0.29, 0.717) is 11.1 Å². The van der Waals surface area contributed by atoms with Gasteiger partial charge in [-0.05, 0) is 45.7 Å². The molecule has 44 heavy (non-hydrogen) atoms. The molecule has 2 aliphatic carbocycles. The number of carboxylic acid groups (broad SMARTS) is 1. The molecule has 0 aliphatic heterocycles. The van der Waals surface area contributed by atoms with Gasteiger partial charge in [0.25, 0.3) is 0 Å². The van der Waals surface area contributed by atoms with Gasteiger partial charge in [-0.25, -0.2) is 17.6 Å². The van der Waals surface area contributed by atoms with Gasteiger partial charge in [-0.3, -0.25) is 9.59 Å². The molecular formula is C30H29ClF10O3. The van der Waals surface area contributed by atoms with E-state index in [-0.39, 0.29) is 48.6 Å². The predicted molar refractivity (Wildman–Crippen MR) is 141 cm³/mol. The molecule has 0 heterocycles. The Morgan fingerprint density at radius 2 is 0.977 bits per heavy atom. The monoisotopic (exact) mass is 662 g/mol. The van der Waals surface area contributed by atoms with Crippen LogP contribution in [0.15, 0.2) is 48.5 Å². The topological polar surface area (TPSA) is 54.4 Å². The number of hydrogen-bond acceptors (Lipinski definition) is 2. The van der Waals surface area contributed by atoms with Crippen molar-refractivity contribution in [2.75, 3.05) is 0 Å². The number of halogens is 11. The minimum atomic E-state index is -4.63. The number of hydrogen-bond donors (Lipinski definition) is 1. The summed E-state index contributed by atoms with van der Waals surface area (Å²) in [7, 11) is 0. The van der Waals surface area contributed by atoms with Crippen molar-refractivity contribution in [1.82, 2.24) is 0 Å². The minimum absolute atomic E-state index is 0.0205. The molecule has 3 nitrogen and oxygen atoms in total. The van der Waals surface area contributed by atoms with E-state index in [1.165, 1.54) is 48.5 Å². The van der Waals surface area contributed by atoms with E-state index in [1.54, 1.807) is 0 Å². The second-order valence-electron chi connectivity index (χ2n) is 11.5. The lowest BCUT2D eigenvalue weighted by Crippen LogP contribution is -2.33. The highest BCUT2D eigenvalue weighted by Gasteiger charge is 2.48. The SMILES string of the molecule is C[C@H]([C@H](C(=O)Cl)c1ccc(C2CC(F)(F)C2)cc1)C(F)(F)F.C[C@H]([C@H](C(=O)O)c1ccc(C2CC(F)(F)C2)cc1)C(F)(F)F. The average molecular weight is 663 g/mol. The molecule has 0 unspecified atom stereocenters. The fourth-order valence-corrected chi connectivity index (χ4v) is 5.70. The van der Waals surface area contributed by atoms with Crippen LogP contribution in [0.3, 0.4) is 0 Å². The first kappa shape index (κ1) is 35.6. The lowest BCUT2D eigenvalue weighted by Gasteiger charge is -2.35. The molecule has 2 aromatic rings. The number of benzene rings is 2. The fourth-order valence-electron chi connectivity index (χ4n) is 5.38. The zero-order valence-corrected chi connectivity index (χ0v) is 24.1. The fraction of sp³-hybridized carbons (Fsp3) is 0.533. The van der Waals surface area contributed by atoms with E-state index in [1.807, 2.05) is 0 Å². The van der Waals surface area contributed by atoms with Crippen LogP contribution in [0.1, 0.15) is 85.5 Å². The third kappa shape index (κ3) is 8.66. The minimum Gasteiger partial charge on any atom is -0.481 e. The summed E-state index contributed by atoms with van der Waals surface area (Å²) < 4.78 is 128. The summed E-state index contributed by atoms with van der Waals surface area (Å²) in [6.45, 7) is 1.71. The third-order valence-corrected chi connectivity index (χ3v) is 8.49. The standard InChI is InChI=1S/C15H14ClF5O.C15H15F5O2/c1-8(15(19,20)21)12(13(16)22)10-4-2-9(3-5-10)11-6-14(17,18)7-11;1-8(15(18,19)20)12(13(21)22)10-4-2-9(3-5-10)11-6-14(16,17)7-11/h2-5,8,11-12H,6-7H2,1H3;2-5,8,11-12H,6-7H2,1H3,(H,21,22)/t2*8-,12+/m11/s1. The quantitative estimate of drug-likeness (QED) is 0.226. The lowest BCUT2D eigenvalue weighted by atomic mass is 9.76. The van der Waals surface area contributed by atoms with Crippen molar-refractivity contribution in [2.45, 2.75) is 87.4 Å². The number of aliphatic carboxylic acids is 1. The Balaban J connectivity index is 0.000000240. The van der Waals surface area contributed by atoms with Crippen LogP contribution in [-0.4, -0.2) is 40.5 Å². The second kappa shape index (κ2) is 12.9. The normalized spacial score (nSPS) is 21.0. The van der Waals surface area contributed by atoms with Gasteiger partial charge in [0.15, 0.2) is 0 Å². The van der Waals surface area contributed by atoms with E-state index in [9.17, 15) is 53.5 Å². The molecule has 1 N–H and O–H groups in total. The molecule has 0 amide bonds. The summed E-state index contributed by atoms with van der Waals surface area (Å²) >= 11 is 5.32. The first-order valence-corrected chi connectivity index (χ1v) is 13.9. The molecule has 0 saturated heterocycles. The van der Waals surface area contributed by atoms with E-state index >= 15 is 0 Å². The van der Waals surface area contributed by atoms with Gasteiger partial charge in [-0.1, -0.05) is 62.4 Å². The molecule has 2 aliphatic rings. The van der Waals surface area contributed by atoms with Crippen molar-refractivity contribution >= 4 is 22.8 Å². The summed E-state index contributed by atoms with van der Waals surface area (Å²) in [5, 5.41) is 7.98. The summed E-state index contributed by atoms with van der Waals surface area (Å²) in [5.74, 6) is -14.7. The van der Waals surface area contributed by atoms with Gasteiger partial charge < -0.3 is 5.11 Å². The zero-order valence-electron chi connectivity index (χ0n) is 23.3. The van der Waals surface area contributed by atoms with Crippen molar-refractivity contribution in [3.63, 3.8) is 0 Å². The average Bonchev–Trinajstić information content (AvgIpc) is 2.86. The van der Waals surface area contributed by atoms with Crippen LogP contribution < -0.4 is 0 Å². The smallest absolute Gasteiger partial charge is 0.392 e. The van der Waals surface area contributed by atoms with Crippen LogP contribution in [-0.2, 0) is 9.59 Å². The second-order valence-corrected chi connectivity index (χ2v) is 11.9. The van der Waals surface area contributed by atoms with Crippen LogP contribution in [0.5, 0.6) is 0 Å². The Hall–Kier alpha value is -2.83. The van der Waals surface area contributed by atoms with Gasteiger partial charge >= 0.3 is 18.3 Å². The first-order valence-electron chi connectivity index (χ1n) is 13.5. The number of carboxylic acids is 1. The maximum Gasteiger partial charge on any atom is 0.392 e. The molecule has 2 aromatic carbocycles. The highest BCUT2D eigenvalue weighted by molar-refractivity contribution is 6.64. The number of rotatable bonds is 8. The molecule has 0 radical (unpaired) electrons. The van der Waals surface area contributed by atoms with Crippen molar-refractivity contribution in [3.8, 4) is 0 Å². The van der Waals surface area contributed by atoms with Gasteiger partial charge in [-0.2, -0.15) is 26.3 Å². The summed E-state index contributed by atoms with van der Waals surface area (Å²) in [4.78, 5) is 22.5. The van der Waals surface area contributed by atoms with Crippen molar-refractivity contribution in [1.29, 1.82) is 0 Å². The zero-order chi connectivity index (χ0) is 33.4. The molecule has 2 saturated carbocycles. The highest BCUT2D eigenvalue weighted by Crippen LogP contribution is 2.50. The van der Waals surface area contributed by atoms with Gasteiger partial charge in [-0.15, -0.1) is 0 Å². The van der Waals surface area contributed by atoms with Crippen molar-refractivity contribution in [2.24, 2.45) is 11.8 Å². The summed E-state index contributed by atoms with van der Waals surface area (Å²) in [5.41, 5.74) is 1.39. The molecule has 4 atom stereocenters. The molecule has 0 aromatic heterocycles. The molecule has 0 bridgehead atoms. The van der Waals surface area contributed by atoms with Crippen LogP contribution >= 0.6 is 11.6 Å². The van der Waals surface area contributed by atoms with Crippen molar-refractivity contribution < 1.29 is 58.6 Å². The summed E-state index contributed by atoms with van der Waals surface area (Å²) in [6.07, 6.45) is -10.3. The van der Waals surface area contributed by atoms with E-state index < -0.39 is 59.1 Å². The Labute approximate surface area is 251 Å². The van der Waals surface area contributed by atoms with Crippen LogP contribution in [0.2, 0.25) is 0 Å². The number of carbonyl (C=O) groups is 2. The lowest BCUT2D eigenvalue weighted by molar-refractivity contribution is -0.183. The Morgan fingerprint density at radius 1 is 0.682 bits per heavy atom. The Morgan fingerprint density at radius 3 is 1.23 bits per heavy atom. The van der Waals surface area contributed by atoms with E-state index in [4.69, 9.17) is 16.7 Å². The molecular weight excluding hydrogens is 634 g/mol. The van der Waals surface area contributed by atoms with Gasteiger partial charge in [0.05, 0.1) is 23.7 Å². The molecule has 0 spiro atoms. The van der Waals surface area contributed by atoms with Gasteiger partial charge in [0, 0.05) is 25.7 Å². The summed E-state index contributed by atoms with van der Waals surface area (Å²) in [6, 6.07) is 11.1. The van der Waals surface area contributed by atoms with Crippen LogP contribution in [0.4, 0.5) is 43.9 Å². The Bertz CT molecular complexity index is 1190. The van der Waals surface area contributed by atoms with E-state index in [0.717, 1.165) is 13.8 Å². The molecule has 4 rings (SSSR count). The molecule has 244 valence electrons. The first-order chi connectivity index (χ1) is 20.0. The van der Waals surface area contributed by atoms with Crippen LogP contribution in [0, 0.1) is 11.8 Å². The number of carbonyl (C=O) groups excluding carboxylic acids is 1. The van der Waals surface area contributed by atoms with E-state index in [2.05, 4.69) is 0 Å². The van der Waals surface area contributed by atoms with Crippen LogP contribution in [0.25, 0.3) is 0 Å². The molecule has 14 heteroatoms. The Kier molecular flexibility index (Phi) is 10.4. The van der Waals surface area contributed by atoms with Gasteiger partial charge in [0.1, 0.15) is 0 Å². The number of alkyl halides is 10. The van der Waals surface area contributed by atoms with Crippen molar-refractivity contribution in [3.05, 3.63) is 70.8 Å². The maximum absolute atomic E-state index is 12.8.